The van der Waals surface area contributed by atoms with Gasteiger partial charge in [0.2, 0.25) is 0 Å². The van der Waals surface area contributed by atoms with Crippen LogP contribution < -0.4 is 0 Å². The van der Waals surface area contributed by atoms with E-state index in [0.29, 0.717) is 19.3 Å². The second-order valence-corrected chi connectivity index (χ2v) is 7.02. The van der Waals surface area contributed by atoms with Crippen molar-refractivity contribution in [3.63, 3.8) is 0 Å². The second-order valence-electron chi connectivity index (χ2n) is 4.76. The molecule has 5 heteroatoms. The Morgan fingerprint density at radius 1 is 1.33 bits per heavy atom. The molecule has 1 unspecified atom stereocenters. The van der Waals surface area contributed by atoms with Gasteiger partial charge in [0.1, 0.15) is 9.84 Å². The van der Waals surface area contributed by atoms with Crippen LogP contribution in [0.1, 0.15) is 25.7 Å². The smallest absolute Gasteiger partial charge is 0.147 e. The van der Waals surface area contributed by atoms with E-state index in [0.717, 1.165) is 19.5 Å². The Bertz CT molecular complexity index is 302. The van der Waals surface area contributed by atoms with Gasteiger partial charge in [-0.1, -0.05) is 0 Å². The highest BCUT2D eigenvalue weighted by molar-refractivity contribution is 7.90. The highest BCUT2D eigenvalue weighted by Gasteiger charge is 2.29. The summed E-state index contributed by atoms with van der Waals surface area (Å²) in [5.41, 5.74) is -0.770. The average molecular weight is 235 g/mol. The molecule has 15 heavy (non-hydrogen) atoms. The summed E-state index contributed by atoms with van der Waals surface area (Å²) in [4.78, 5) is 2.18. The molecular weight excluding hydrogens is 214 g/mol. The van der Waals surface area contributed by atoms with Gasteiger partial charge in [-0.2, -0.15) is 0 Å². The Kier molecular flexibility index (Phi) is 4.14. The van der Waals surface area contributed by atoms with Crippen LogP contribution in [-0.4, -0.2) is 56.2 Å². The summed E-state index contributed by atoms with van der Waals surface area (Å²) in [5.74, 6) is 0.0905. The van der Waals surface area contributed by atoms with Crippen molar-refractivity contribution >= 4 is 9.84 Å². The van der Waals surface area contributed by atoms with Crippen LogP contribution in [0.5, 0.6) is 0 Å². The summed E-state index contributed by atoms with van der Waals surface area (Å²) in [5, 5.41) is 10.2. The normalized spacial score (nSPS) is 30.1. The molecular formula is C10H21NO3S. The highest BCUT2D eigenvalue weighted by Crippen LogP contribution is 2.25. The van der Waals surface area contributed by atoms with E-state index in [4.69, 9.17) is 0 Å². The zero-order valence-electron chi connectivity index (χ0n) is 9.57. The molecule has 1 fully saturated rings. The Hall–Kier alpha value is -0.130. The van der Waals surface area contributed by atoms with E-state index in [1.54, 1.807) is 0 Å². The Morgan fingerprint density at radius 3 is 2.60 bits per heavy atom. The van der Waals surface area contributed by atoms with Gasteiger partial charge in [0.15, 0.2) is 0 Å². The van der Waals surface area contributed by atoms with Crippen LogP contribution in [0, 0.1) is 0 Å². The molecule has 1 saturated heterocycles. The van der Waals surface area contributed by atoms with Gasteiger partial charge in [0.25, 0.3) is 0 Å². The van der Waals surface area contributed by atoms with E-state index in [9.17, 15) is 13.5 Å². The van der Waals surface area contributed by atoms with Crippen molar-refractivity contribution in [1.29, 1.82) is 0 Å². The minimum atomic E-state index is -2.96. The lowest BCUT2D eigenvalue weighted by Crippen LogP contribution is -2.32. The summed E-state index contributed by atoms with van der Waals surface area (Å²) < 4.78 is 22.1. The maximum absolute atomic E-state index is 11.0. The van der Waals surface area contributed by atoms with Crippen molar-refractivity contribution in [3.8, 4) is 0 Å². The fraction of sp³-hybridized carbons (Fsp3) is 1.00. The van der Waals surface area contributed by atoms with Gasteiger partial charge in [-0.3, -0.25) is 0 Å². The van der Waals surface area contributed by atoms with E-state index < -0.39 is 15.4 Å². The molecule has 1 aliphatic rings. The molecule has 0 saturated carbocycles. The van der Waals surface area contributed by atoms with E-state index in [2.05, 4.69) is 4.90 Å². The lowest BCUT2D eigenvalue weighted by molar-refractivity contribution is 0.0230. The first-order valence-electron chi connectivity index (χ1n) is 5.39. The van der Waals surface area contributed by atoms with E-state index >= 15 is 0 Å². The number of nitrogens with zero attached hydrogens (tertiary/aromatic N) is 1. The first-order chi connectivity index (χ1) is 6.81. The van der Waals surface area contributed by atoms with Crippen LogP contribution in [0.25, 0.3) is 0 Å². The molecule has 1 N–H and O–H groups in total. The zero-order valence-corrected chi connectivity index (χ0v) is 10.4. The predicted octanol–water partition coefficient (Wildman–Crippen LogP) is 0.268. The molecule has 0 radical (unpaired) electrons. The number of hydrogen-bond acceptors (Lipinski definition) is 4. The fourth-order valence-corrected chi connectivity index (χ4v) is 2.69. The zero-order chi connectivity index (χ0) is 11.5. The van der Waals surface area contributed by atoms with Crippen molar-refractivity contribution in [2.24, 2.45) is 0 Å². The van der Waals surface area contributed by atoms with Crippen LogP contribution in [0.15, 0.2) is 0 Å². The van der Waals surface area contributed by atoms with Crippen LogP contribution >= 0.6 is 0 Å². The summed E-state index contributed by atoms with van der Waals surface area (Å²) in [6, 6.07) is 0. The molecule has 1 aliphatic heterocycles. The minimum absolute atomic E-state index is 0.0905. The lowest BCUT2D eigenvalue weighted by Gasteiger charge is -2.26. The third-order valence-corrected chi connectivity index (χ3v) is 4.02. The van der Waals surface area contributed by atoms with E-state index in [-0.39, 0.29) is 5.75 Å². The van der Waals surface area contributed by atoms with Crippen molar-refractivity contribution in [1.82, 2.24) is 4.90 Å². The fourth-order valence-electron chi connectivity index (χ4n) is 1.94. The van der Waals surface area contributed by atoms with Crippen LogP contribution in [0.3, 0.4) is 0 Å². The first kappa shape index (κ1) is 12.9. The van der Waals surface area contributed by atoms with Crippen molar-refractivity contribution in [3.05, 3.63) is 0 Å². The topological polar surface area (TPSA) is 57.6 Å². The Morgan fingerprint density at radius 2 is 2.00 bits per heavy atom. The van der Waals surface area contributed by atoms with Gasteiger partial charge in [0.05, 0.1) is 11.4 Å². The molecule has 1 heterocycles. The van der Waals surface area contributed by atoms with Crippen molar-refractivity contribution in [2.75, 3.05) is 32.1 Å². The highest BCUT2D eigenvalue weighted by atomic mass is 32.2. The van der Waals surface area contributed by atoms with E-state index in [1.807, 2.05) is 7.05 Å². The summed E-state index contributed by atoms with van der Waals surface area (Å²) in [6.07, 6.45) is 3.93. The summed E-state index contributed by atoms with van der Waals surface area (Å²) in [6.45, 7) is 1.83. The van der Waals surface area contributed by atoms with Gasteiger partial charge in [-0.15, -0.1) is 0 Å². The van der Waals surface area contributed by atoms with Gasteiger partial charge in [0, 0.05) is 12.8 Å². The second kappa shape index (κ2) is 4.80. The molecule has 0 aromatic rings. The number of rotatable bonds is 3. The molecule has 0 aromatic carbocycles. The number of hydrogen-bond donors (Lipinski definition) is 1. The molecule has 0 spiro atoms. The molecule has 1 rings (SSSR count). The molecule has 0 aliphatic carbocycles. The average Bonchev–Trinajstić information content (AvgIpc) is 2.26. The molecule has 4 nitrogen and oxygen atoms in total. The molecule has 0 aromatic heterocycles. The largest absolute Gasteiger partial charge is 0.390 e. The molecule has 90 valence electrons. The maximum Gasteiger partial charge on any atom is 0.147 e. The van der Waals surface area contributed by atoms with Crippen LogP contribution in [0.2, 0.25) is 0 Å². The van der Waals surface area contributed by atoms with Gasteiger partial charge in [-0.25, -0.2) is 8.42 Å². The standard InChI is InChI=1S/C10H21NO3S/c1-11-7-3-4-10(12,5-8-11)6-9-15(2,13)14/h12H,3-9H2,1-2H3. The Labute approximate surface area is 92.2 Å². The monoisotopic (exact) mass is 235 g/mol. The molecule has 1 atom stereocenters. The molecule has 0 bridgehead atoms. The third-order valence-electron chi connectivity index (χ3n) is 3.08. The lowest BCUT2D eigenvalue weighted by atomic mass is 9.92. The van der Waals surface area contributed by atoms with Gasteiger partial charge < -0.3 is 10.0 Å². The SMILES string of the molecule is CN1CCCC(O)(CCS(C)(=O)=O)CC1. The number of likely N-dealkylation sites (tertiary alicyclic amines) is 1. The van der Waals surface area contributed by atoms with Crippen molar-refractivity contribution in [2.45, 2.75) is 31.3 Å². The Balaban J connectivity index is 2.50. The van der Waals surface area contributed by atoms with Crippen LogP contribution in [-0.2, 0) is 9.84 Å². The summed E-state index contributed by atoms with van der Waals surface area (Å²) >= 11 is 0. The third kappa shape index (κ3) is 4.95. The summed E-state index contributed by atoms with van der Waals surface area (Å²) in [7, 11) is -0.931. The number of aliphatic hydroxyl groups is 1. The van der Waals surface area contributed by atoms with E-state index in [1.165, 1.54) is 6.26 Å². The van der Waals surface area contributed by atoms with Crippen molar-refractivity contribution < 1.29 is 13.5 Å². The molecule has 0 amide bonds. The predicted molar refractivity (Wildman–Crippen MR) is 60.6 cm³/mol. The maximum atomic E-state index is 11.0. The minimum Gasteiger partial charge on any atom is -0.390 e. The number of sulfone groups is 1. The first-order valence-corrected chi connectivity index (χ1v) is 7.45. The van der Waals surface area contributed by atoms with Gasteiger partial charge >= 0.3 is 0 Å². The van der Waals surface area contributed by atoms with Crippen LogP contribution in [0.4, 0.5) is 0 Å². The van der Waals surface area contributed by atoms with Gasteiger partial charge in [-0.05, 0) is 39.3 Å². The quantitative estimate of drug-likeness (QED) is 0.763.